The van der Waals surface area contributed by atoms with E-state index in [1.165, 1.54) is 33.5 Å². The monoisotopic (exact) mass is 286 g/mol. The maximum Gasteiger partial charge on any atom is 0.296 e. The van der Waals surface area contributed by atoms with Crippen molar-refractivity contribution in [1.29, 1.82) is 0 Å². The van der Waals surface area contributed by atoms with Crippen molar-refractivity contribution in [3.8, 4) is 11.5 Å². The molecule has 0 saturated carbocycles. The van der Waals surface area contributed by atoms with E-state index in [2.05, 4.69) is 5.32 Å². The number of rotatable bonds is 8. The lowest BCUT2D eigenvalue weighted by Gasteiger charge is -2.14. The van der Waals surface area contributed by atoms with Gasteiger partial charge < -0.3 is 24.6 Å². The Hall–Kier alpha value is -2.06. The molecule has 0 aliphatic carbocycles. The first-order valence-corrected chi connectivity index (χ1v) is 5.84. The molecule has 0 bridgehead atoms. The summed E-state index contributed by atoms with van der Waals surface area (Å²) in [5.41, 5.74) is 0.0788. The third-order valence-electron chi connectivity index (χ3n) is 2.59. The smallest absolute Gasteiger partial charge is 0.296 e. The molecule has 0 aliphatic rings. The van der Waals surface area contributed by atoms with Gasteiger partial charge in [0.25, 0.3) is 5.69 Å². The van der Waals surface area contributed by atoms with Crippen LogP contribution in [0, 0.1) is 10.1 Å². The van der Waals surface area contributed by atoms with Gasteiger partial charge in [-0.05, 0) is 0 Å². The van der Waals surface area contributed by atoms with Gasteiger partial charge in [0.2, 0.25) is 0 Å². The number of aliphatic hydroxyl groups excluding tert-OH is 1. The van der Waals surface area contributed by atoms with Crippen LogP contribution in [0.2, 0.25) is 0 Å². The minimum atomic E-state index is -0.771. The van der Waals surface area contributed by atoms with Crippen molar-refractivity contribution in [3.05, 3.63) is 22.2 Å². The van der Waals surface area contributed by atoms with Crippen LogP contribution in [0.1, 0.15) is 0 Å². The van der Waals surface area contributed by atoms with Crippen molar-refractivity contribution in [2.75, 3.05) is 39.8 Å². The largest absolute Gasteiger partial charge is 0.493 e. The Morgan fingerprint density at radius 1 is 1.30 bits per heavy atom. The molecule has 0 aromatic heterocycles. The lowest BCUT2D eigenvalue weighted by atomic mass is 10.2. The Morgan fingerprint density at radius 2 is 1.90 bits per heavy atom. The first kappa shape index (κ1) is 16.0. The second-order valence-electron chi connectivity index (χ2n) is 3.97. The molecule has 20 heavy (non-hydrogen) atoms. The van der Waals surface area contributed by atoms with E-state index in [1.807, 2.05) is 0 Å². The Bertz CT molecular complexity index is 466. The number of methoxy groups -OCH3 is 3. The Kier molecular flexibility index (Phi) is 6.01. The van der Waals surface area contributed by atoms with Gasteiger partial charge in [-0.2, -0.15) is 0 Å². The van der Waals surface area contributed by atoms with Crippen molar-refractivity contribution < 1.29 is 24.2 Å². The molecule has 0 spiro atoms. The van der Waals surface area contributed by atoms with Crippen LogP contribution in [0.25, 0.3) is 0 Å². The highest BCUT2D eigenvalue weighted by molar-refractivity contribution is 5.68. The third kappa shape index (κ3) is 3.97. The summed E-state index contributed by atoms with van der Waals surface area (Å²) in [7, 11) is 4.30. The number of ether oxygens (including phenoxy) is 3. The van der Waals surface area contributed by atoms with E-state index >= 15 is 0 Å². The van der Waals surface area contributed by atoms with Crippen molar-refractivity contribution in [3.63, 3.8) is 0 Å². The van der Waals surface area contributed by atoms with Crippen molar-refractivity contribution >= 4 is 11.4 Å². The lowest BCUT2D eigenvalue weighted by molar-refractivity contribution is -0.384. The molecular weight excluding hydrogens is 268 g/mol. The van der Waals surface area contributed by atoms with Crippen molar-refractivity contribution in [1.82, 2.24) is 0 Å². The third-order valence-corrected chi connectivity index (χ3v) is 2.59. The summed E-state index contributed by atoms with van der Waals surface area (Å²) in [6.45, 7) is 0.248. The fraction of sp³-hybridized carbons (Fsp3) is 0.500. The Balaban J connectivity index is 3.00. The summed E-state index contributed by atoms with van der Waals surface area (Å²) in [6, 6.07) is 2.72. The molecule has 0 aliphatic heterocycles. The fourth-order valence-corrected chi connectivity index (χ4v) is 1.64. The van der Waals surface area contributed by atoms with E-state index in [1.54, 1.807) is 0 Å². The quantitative estimate of drug-likeness (QED) is 0.543. The van der Waals surface area contributed by atoms with Crippen LogP contribution in [-0.4, -0.2) is 50.6 Å². The van der Waals surface area contributed by atoms with E-state index in [-0.39, 0.29) is 30.3 Å². The van der Waals surface area contributed by atoms with Crippen LogP contribution in [0.5, 0.6) is 11.5 Å². The molecule has 0 amide bonds. The Morgan fingerprint density at radius 3 is 2.40 bits per heavy atom. The van der Waals surface area contributed by atoms with E-state index < -0.39 is 11.0 Å². The molecule has 0 saturated heterocycles. The summed E-state index contributed by atoms with van der Waals surface area (Å²) in [5.74, 6) is 0.629. The molecular formula is C12H18N2O6. The number of nitrogens with one attached hydrogen (secondary N) is 1. The zero-order chi connectivity index (χ0) is 15.1. The maximum atomic E-state index is 11.0. The minimum absolute atomic E-state index is 0.115. The van der Waals surface area contributed by atoms with Crippen LogP contribution in [0.15, 0.2) is 12.1 Å². The number of anilines is 1. The normalized spacial score (nSPS) is 11.8. The number of nitrogens with zero attached hydrogens (tertiary/aromatic N) is 1. The van der Waals surface area contributed by atoms with E-state index in [4.69, 9.17) is 14.2 Å². The minimum Gasteiger partial charge on any atom is -0.493 e. The molecule has 8 heteroatoms. The van der Waals surface area contributed by atoms with Crippen LogP contribution in [0.4, 0.5) is 11.4 Å². The molecule has 0 heterocycles. The number of aliphatic hydroxyl groups is 1. The highest BCUT2D eigenvalue weighted by atomic mass is 16.6. The summed E-state index contributed by atoms with van der Waals surface area (Å²) in [4.78, 5) is 10.5. The predicted octanol–water partition coefficient (Wildman–Crippen LogP) is 1.03. The van der Waals surface area contributed by atoms with Gasteiger partial charge in [0.05, 0.1) is 37.9 Å². The van der Waals surface area contributed by atoms with E-state index in [0.717, 1.165) is 0 Å². The summed E-state index contributed by atoms with van der Waals surface area (Å²) in [5, 5.41) is 23.4. The molecule has 1 aromatic carbocycles. The molecule has 1 unspecified atom stereocenters. The van der Waals surface area contributed by atoms with Crippen LogP contribution in [0.3, 0.4) is 0 Å². The highest BCUT2D eigenvalue weighted by Crippen LogP contribution is 2.37. The standard InChI is InChI=1S/C12H18N2O6/c1-18-7-8(15)6-13-9-4-11(19-2)12(20-3)5-10(9)14(16)17/h4-5,8,13,15H,6-7H2,1-3H3. The van der Waals surface area contributed by atoms with Gasteiger partial charge in [-0.25, -0.2) is 0 Å². The summed E-state index contributed by atoms with van der Waals surface area (Å²) < 4.78 is 14.9. The molecule has 2 N–H and O–H groups in total. The van der Waals surface area contributed by atoms with Crippen molar-refractivity contribution in [2.24, 2.45) is 0 Å². The predicted molar refractivity (Wildman–Crippen MR) is 72.6 cm³/mol. The van der Waals surface area contributed by atoms with Crippen molar-refractivity contribution in [2.45, 2.75) is 6.10 Å². The second-order valence-corrected chi connectivity index (χ2v) is 3.97. The molecule has 112 valence electrons. The van der Waals surface area contributed by atoms with Gasteiger partial charge in [0, 0.05) is 19.7 Å². The maximum absolute atomic E-state index is 11.0. The molecule has 1 rings (SSSR count). The second kappa shape index (κ2) is 7.51. The molecule has 0 radical (unpaired) electrons. The van der Waals surface area contributed by atoms with Gasteiger partial charge in [-0.1, -0.05) is 0 Å². The lowest BCUT2D eigenvalue weighted by Crippen LogP contribution is -2.24. The molecule has 0 fully saturated rings. The van der Waals surface area contributed by atoms with Crippen LogP contribution < -0.4 is 14.8 Å². The first-order chi connectivity index (χ1) is 9.53. The number of benzene rings is 1. The summed E-state index contributed by atoms with van der Waals surface area (Å²) >= 11 is 0. The van der Waals surface area contributed by atoms with E-state index in [0.29, 0.717) is 5.75 Å². The number of nitro benzene ring substituents is 1. The average molecular weight is 286 g/mol. The number of nitro groups is 1. The Labute approximate surface area is 116 Å². The average Bonchev–Trinajstić information content (AvgIpc) is 2.44. The topological polar surface area (TPSA) is 103 Å². The zero-order valence-electron chi connectivity index (χ0n) is 11.6. The van der Waals surface area contributed by atoms with Gasteiger partial charge >= 0.3 is 0 Å². The van der Waals surface area contributed by atoms with Crippen LogP contribution in [-0.2, 0) is 4.74 Å². The highest BCUT2D eigenvalue weighted by Gasteiger charge is 2.20. The number of hydrogen-bond donors (Lipinski definition) is 2. The molecule has 8 nitrogen and oxygen atoms in total. The van der Waals surface area contributed by atoms with Gasteiger partial charge in [0.15, 0.2) is 11.5 Å². The van der Waals surface area contributed by atoms with E-state index in [9.17, 15) is 15.2 Å². The first-order valence-electron chi connectivity index (χ1n) is 5.84. The number of hydrogen-bond acceptors (Lipinski definition) is 7. The summed E-state index contributed by atoms with van der Waals surface area (Å²) in [6.07, 6.45) is -0.771. The fourth-order valence-electron chi connectivity index (χ4n) is 1.64. The molecule has 1 aromatic rings. The van der Waals surface area contributed by atoms with Gasteiger partial charge in [0.1, 0.15) is 5.69 Å². The molecule has 1 atom stereocenters. The van der Waals surface area contributed by atoms with Gasteiger partial charge in [-0.3, -0.25) is 10.1 Å². The van der Waals surface area contributed by atoms with Gasteiger partial charge in [-0.15, -0.1) is 0 Å². The zero-order valence-corrected chi connectivity index (χ0v) is 11.6. The SMILES string of the molecule is COCC(O)CNc1cc(OC)c(OC)cc1[N+](=O)[O-]. The van der Waals surface area contributed by atoms with Crippen LogP contribution >= 0.6 is 0 Å².